The molecule has 0 spiro atoms. The molecule has 262 valence electrons. The Labute approximate surface area is 320 Å². The fourth-order valence-electron chi connectivity index (χ4n) is 8.06. The lowest BCUT2D eigenvalue weighted by atomic mass is 9.91. The Morgan fingerprint density at radius 2 is 0.870 bits per heavy atom. The van der Waals surface area contributed by atoms with Crippen LogP contribution in [0.5, 0.6) is 0 Å². The summed E-state index contributed by atoms with van der Waals surface area (Å²) in [6.07, 6.45) is 0. The number of nitriles is 1. The van der Waals surface area contributed by atoms with Crippen LogP contribution < -0.4 is 20.2 Å². The van der Waals surface area contributed by atoms with Gasteiger partial charge in [0.1, 0.15) is 6.07 Å². The van der Waals surface area contributed by atoms with Crippen molar-refractivity contribution in [2.75, 3.05) is 9.80 Å². The van der Waals surface area contributed by atoms with E-state index in [0.717, 1.165) is 55.7 Å². The molecule has 0 saturated heterocycles. The van der Waals surface area contributed by atoms with Gasteiger partial charge in [0, 0.05) is 22.1 Å². The Morgan fingerprint density at radius 1 is 0.463 bits per heavy atom. The highest BCUT2D eigenvalue weighted by Gasteiger charge is 2.29. The van der Waals surface area contributed by atoms with Crippen molar-refractivity contribution in [3.05, 3.63) is 163 Å². The molecule has 0 heterocycles. The Bertz CT molecular complexity index is 2600. The molecule has 0 saturated carbocycles. The fourth-order valence-corrected chi connectivity index (χ4v) is 11.2. The van der Waals surface area contributed by atoms with Crippen molar-refractivity contribution < 1.29 is 0 Å². The maximum Gasteiger partial charge on any atom is 0.210 e. The summed E-state index contributed by atoms with van der Waals surface area (Å²) in [7, 11) is -3.64. The van der Waals surface area contributed by atoms with E-state index in [4.69, 9.17) is 6.57 Å². The van der Waals surface area contributed by atoms with Crippen LogP contribution in [0.4, 0.5) is 39.8 Å². The molecule has 54 heavy (non-hydrogen) atoms. The van der Waals surface area contributed by atoms with Gasteiger partial charge in [0.15, 0.2) is 0 Å². The monoisotopic (exact) mass is 730 g/mol. The SMILES string of the molecule is [C-]#[N+]c1ccccc1N(c1ccccc1[Si](C)(C)C)c1ccc2ccc3c(N(c4ccccc4C#N)c4ccccc4[Si](C)(C)C)ccc4ccc1c2c43. The summed E-state index contributed by atoms with van der Waals surface area (Å²) in [6.45, 7) is 22.5. The second-order valence-corrected chi connectivity index (χ2v) is 26.1. The lowest BCUT2D eigenvalue weighted by Crippen LogP contribution is -2.40. The molecular weight excluding hydrogens is 689 g/mol. The van der Waals surface area contributed by atoms with E-state index < -0.39 is 16.1 Å². The molecule has 0 N–H and O–H groups in total. The van der Waals surface area contributed by atoms with Crippen molar-refractivity contribution in [1.82, 2.24) is 0 Å². The molecule has 0 aliphatic heterocycles. The molecule has 0 aliphatic carbocycles. The van der Waals surface area contributed by atoms with Crippen molar-refractivity contribution in [2.24, 2.45) is 0 Å². The van der Waals surface area contributed by atoms with E-state index in [2.05, 4.69) is 169 Å². The summed E-state index contributed by atoms with van der Waals surface area (Å²) in [5.74, 6) is 0. The number of para-hydroxylation sites is 5. The zero-order chi connectivity index (χ0) is 37.8. The summed E-state index contributed by atoms with van der Waals surface area (Å²) in [4.78, 5) is 8.66. The highest BCUT2D eigenvalue weighted by atomic mass is 28.3. The second-order valence-electron chi connectivity index (χ2n) is 16.0. The lowest BCUT2D eigenvalue weighted by Gasteiger charge is -2.34. The van der Waals surface area contributed by atoms with Crippen LogP contribution in [0.15, 0.2) is 146 Å². The molecule has 8 aromatic carbocycles. The second kappa shape index (κ2) is 13.3. The highest BCUT2D eigenvalue weighted by Crippen LogP contribution is 2.49. The highest BCUT2D eigenvalue weighted by molar-refractivity contribution is 6.90. The van der Waals surface area contributed by atoms with Gasteiger partial charge in [-0.2, -0.15) is 5.26 Å². The smallest absolute Gasteiger partial charge is 0.210 e. The van der Waals surface area contributed by atoms with E-state index in [1.807, 2.05) is 36.4 Å². The van der Waals surface area contributed by atoms with Gasteiger partial charge in [-0.25, -0.2) is 4.85 Å². The fraction of sp³-hybridized carbons (Fsp3) is 0.125. The predicted octanol–water partition coefficient (Wildman–Crippen LogP) is 13.0. The topological polar surface area (TPSA) is 34.6 Å². The third kappa shape index (κ3) is 5.81. The van der Waals surface area contributed by atoms with E-state index in [0.29, 0.717) is 11.3 Å². The van der Waals surface area contributed by atoms with Gasteiger partial charge in [0.2, 0.25) is 5.69 Å². The van der Waals surface area contributed by atoms with Crippen molar-refractivity contribution in [2.45, 2.75) is 39.3 Å². The molecular formula is C48H42N4Si2. The molecule has 8 aromatic rings. The number of hydrogen-bond donors (Lipinski definition) is 0. The zero-order valence-corrected chi connectivity index (χ0v) is 33.6. The standard InChI is InChI=1S/C48H42N4Si2/c1-50-38-17-9-11-19-42(38)52(44-21-13-15-23-46(44)54(5,6)7)41-31-27-34-24-28-36-40(30-26-33-25-29-37(41)48(34)47(33)36)51(39-18-10-8-16-35(39)32-49)43-20-12-14-22-45(43)53(2,3)4/h8-31H,2-7H3. The van der Waals surface area contributed by atoms with Crippen molar-refractivity contribution in [1.29, 1.82) is 5.26 Å². The molecule has 0 amide bonds. The molecule has 0 aromatic heterocycles. The van der Waals surface area contributed by atoms with Crippen LogP contribution in [0.1, 0.15) is 5.56 Å². The average Bonchev–Trinajstić information content (AvgIpc) is 3.18. The first-order valence-corrected chi connectivity index (χ1v) is 25.5. The largest absolute Gasteiger partial charge is 0.320 e. The number of rotatable bonds is 8. The minimum absolute atomic E-state index is 0.615. The first kappa shape index (κ1) is 34.9. The van der Waals surface area contributed by atoms with Gasteiger partial charge in [-0.15, -0.1) is 0 Å². The Morgan fingerprint density at radius 3 is 1.35 bits per heavy atom. The van der Waals surface area contributed by atoms with Gasteiger partial charge in [-0.05, 0) is 74.4 Å². The lowest BCUT2D eigenvalue weighted by molar-refractivity contribution is 1.29. The molecule has 0 aliphatic rings. The van der Waals surface area contributed by atoms with Crippen LogP contribution in [0.25, 0.3) is 37.2 Å². The van der Waals surface area contributed by atoms with Crippen molar-refractivity contribution >= 4 is 98.7 Å². The molecule has 4 nitrogen and oxygen atoms in total. The Hall–Kier alpha value is -6.19. The number of hydrogen-bond acceptors (Lipinski definition) is 3. The van der Waals surface area contributed by atoms with Gasteiger partial charge in [-0.1, -0.05) is 142 Å². The molecule has 6 heteroatoms. The first-order valence-electron chi connectivity index (χ1n) is 18.5. The molecule has 0 atom stereocenters. The summed E-state index contributed by atoms with van der Waals surface area (Å²) >= 11 is 0. The summed E-state index contributed by atoms with van der Waals surface area (Å²) in [5.41, 5.74) is 7.29. The van der Waals surface area contributed by atoms with Gasteiger partial charge in [-0.3, -0.25) is 0 Å². The number of benzene rings is 8. The first-order chi connectivity index (χ1) is 26.0. The maximum atomic E-state index is 10.4. The Balaban J connectivity index is 1.47. The van der Waals surface area contributed by atoms with Gasteiger partial charge in [0.25, 0.3) is 0 Å². The number of nitrogens with zero attached hydrogens (tertiary/aromatic N) is 4. The normalized spacial score (nSPS) is 11.9. The van der Waals surface area contributed by atoms with E-state index >= 15 is 0 Å². The Kier molecular flexibility index (Phi) is 8.62. The van der Waals surface area contributed by atoms with E-state index in [1.165, 1.54) is 21.1 Å². The van der Waals surface area contributed by atoms with Crippen LogP contribution >= 0.6 is 0 Å². The average molecular weight is 731 g/mol. The van der Waals surface area contributed by atoms with Crippen LogP contribution in [-0.4, -0.2) is 16.1 Å². The summed E-state index contributed by atoms with van der Waals surface area (Å²) in [6, 6.07) is 53.8. The van der Waals surface area contributed by atoms with Crippen molar-refractivity contribution in [3.63, 3.8) is 0 Å². The quantitative estimate of drug-likeness (QED) is 0.0887. The third-order valence-electron chi connectivity index (χ3n) is 10.5. The number of anilines is 6. The van der Waals surface area contributed by atoms with E-state index in [-0.39, 0.29) is 0 Å². The maximum absolute atomic E-state index is 10.4. The van der Waals surface area contributed by atoms with Crippen LogP contribution in [0.3, 0.4) is 0 Å². The van der Waals surface area contributed by atoms with Gasteiger partial charge in [0.05, 0.1) is 51.0 Å². The molecule has 0 bridgehead atoms. The summed E-state index contributed by atoms with van der Waals surface area (Å²) in [5, 5.41) is 20.0. The van der Waals surface area contributed by atoms with Gasteiger partial charge < -0.3 is 9.80 Å². The molecule has 8 rings (SSSR count). The van der Waals surface area contributed by atoms with Gasteiger partial charge >= 0.3 is 0 Å². The minimum Gasteiger partial charge on any atom is -0.320 e. The zero-order valence-electron chi connectivity index (χ0n) is 31.6. The van der Waals surface area contributed by atoms with E-state index in [1.54, 1.807) is 0 Å². The third-order valence-corrected chi connectivity index (χ3v) is 14.6. The van der Waals surface area contributed by atoms with Crippen LogP contribution in [-0.2, 0) is 0 Å². The van der Waals surface area contributed by atoms with Crippen LogP contribution in [0.2, 0.25) is 39.3 Å². The molecule has 0 fully saturated rings. The van der Waals surface area contributed by atoms with E-state index in [9.17, 15) is 5.26 Å². The molecule has 0 radical (unpaired) electrons. The predicted molar refractivity (Wildman–Crippen MR) is 236 cm³/mol. The molecule has 0 unspecified atom stereocenters. The van der Waals surface area contributed by atoms with Crippen molar-refractivity contribution in [3.8, 4) is 6.07 Å². The summed E-state index contributed by atoms with van der Waals surface area (Å²) < 4.78 is 0. The minimum atomic E-state index is -1.82. The van der Waals surface area contributed by atoms with Crippen LogP contribution in [0, 0.1) is 17.9 Å².